The molecule has 0 fully saturated rings. The van der Waals surface area contributed by atoms with Crippen LogP contribution in [0.15, 0.2) is 84.9 Å². The third-order valence-electron chi connectivity index (χ3n) is 4.56. The van der Waals surface area contributed by atoms with Crippen LogP contribution >= 0.6 is 0 Å². The van der Waals surface area contributed by atoms with Crippen LogP contribution in [0, 0.1) is 0 Å². The lowest BCUT2D eigenvalue weighted by Crippen LogP contribution is -2.29. The number of benzene rings is 3. The maximum Gasteiger partial charge on any atom is 0.258 e. The quantitative estimate of drug-likeness (QED) is 0.499. The zero-order valence-electron chi connectivity index (χ0n) is 13.9. The van der Waals surface area contributed by atoms with E-state index in [-0.39, 0.29) is 5.91 Å². The van der Waals surface area contributed by atoms with Crippen molar-refractivity contribution < 1.29 is 4.79 Å². The van der Waals surface area contributed by atoms with Crippen LogP contribution in [0.3, 0.4) is 0 Å². The van der Waals surface area contributed by atoms with Crippen molar-refractivity contribution in [1.29, 1.82) is 0 Å². The summed E-state index contributed by atoms with van der Waals surface area (Å²) in [6.45, 7) is 0.733. The van der Waals surface area contributed by atoms with Crippen LogP contribution in [0.4, 0.5) is 5.69 Å². The van der Waals surface area contributed by atoms with Crippen molar-refractivity contribution in [2.24, 2.45) is 0 Å². The molecule has 4 rings (SSSR count). The van der Waals surface area contributed by atoms with E-state index >= 15 is 0 Å². The molecule has 0 radical (unpaired) electrons. The van der Waals surface area contributed by atoms with Gasteiger partial charge in [0.15, 0.2) is 0 Å². The molecule has 122 valence electrons. The molecular weight excluding hydrogens is 306 g/mol. The Balaban J connectivity index is 1.77. The molecule has 0 bridgehead atoms. The number of carbonyl (C=O) groups excluding carboxylic acids is 1. The third kappa shape index (κ3) is 3.11. The molecule has 2 nitrogen and oxygen atoms in total. The highest BCUT2D eigenvalue weighted by Crippen LogP contribution is 2.31. The lowest BCUT2D eigenvalue weighted by molar-refractivity contribution is -0.113. The van der Waals surface area contributed by atoms with Gasteiger partial charge >= 0.3 is 0 Å². The molecule has 0 saturated carbocycles. The van der Waals surface area contributed by atoms with Gasteiger partial charge in [-0.1, -0.05) is 78.9 Å². The summed E-state index contributed by atoms with van der Waals surface area (Å²) in [6, 6.07) is 28.1. The first-order chi connectivity index (χ1) is 12.3. The van der Waals surface area contributed by atoms with E-state index < -0.39 is 0 Å². The third-order valence-corrected chi connectivity index (χ3v) is 4.56. The number of amides is 1. The molecule has 1 aliphatic heterocycles. The topological polar surface area (TPSA) is 20.3 Å². The molecule has 1 amide bonds. The van der Waals surface area contributed by atoms with Crippen LogP contribution in [-0.4, -0.2) is 12.5 Å². The molecule has 25 heavy (non-hydrogen) atoms. The average Bonchev–Trinajstić information content (AvgIpc) is 3.11. The first kappa shape index (κ1) is 15.4. The fourth-order valence-electron chi connectivity index (χ4n) is 3.30. The van der Waals surface area contributed by atoms with E-state index in [1.54, 1.807) is 0 Å². The Labute approximate surface area is 148 Å². The Bertz CT molecular complexity index is 913. The maximum absolute atomic E-state index is 13.4. The van der Waals surface area contributed by atoms with Crippen LogP contribution in [0.2, 0.25) is 0 Å². The average molecular weight is 325 g/mol. The van der Waals surface area contributed by atoms with E-state index in [0.29, 0.717) is 0 Å². The Morgan fingerprint density at radius 1 is 0.800 bits per heavy atom. The molecular formula is C23H19NO. The van der Waals surface area contributed by atoms with E-state index in [9.17, 15) is 4.79 Å². The van der Waals surface area contributed by atoms with Gasteiger partial charge in [0.05, 0.1) is 0 Å². The second kappa shape index (κ2) is 6.78. The molecule has 0 unspecified atom stereocenters. The van der Waals surface area contributed by atoms with Gasteiger partial charge in [0.25, 0.3) is 5.91 Å². The molecule has 0 saturated heterocycles. The smallest absolute Gasteiger partial charge is 0.258 e. The van der Waals surface area contributed by atoms with Crippen LogP contribution in [0.25, 0.3) is 11.6 Å². The first-order valence-corrected chi connectivity index (χ1v) is 8.55. The summed E-state index contributed by atoms with van der Waals surface area (Å²) in [5.74, 6) is 0.0556. The Hall–Kier alpha value is -3.13. The number of hydrogen-bond donors (Lipinski definition) is 0. The van der Waals surface area contributed by atoms with E-state index in [1.165, 1.54) is 5.56 Å². The molecule has 3 aromatic carbocycles. The van der Waals surface area contributed by atoms with Gasteiger partial charge in [-0.3, -0.25) is 4.79 Å². The zero-order chi connectivity index (χ0) is 17.1. The van der Waals surface area contributed by atoms with Crippen molar-refractivity contribution in [2.75, 3.05) is 11.4 Å². The minimum atomic E-state index is 0.0556. The van der Waals surface area contributed by atoms with Crippen molar-refractivity contribution >= 4 is 23.2 Å². The highest BCUT2D eigenvalue weighted by molar-refractivity contribution is 6.30. The van der Waals surface area contributed by atoms with Crippen molar-refractivity contribution in [1.82, 2.24) is 0 Å². The molecule has 0 aromatic heterocycles. The van der Waals surface area contributed by atoms with Gasteiger partial charge in [0.1, 0.15) is 0 Å². The number of rotatable bonds is 3. The highest BCUT2D eigenvalue weighted by Gasteiger charge is 2.27. The summed E-state index contributed by atoms with van der Waals surface area (Å²) in [5, 5.41) is 0. The zero-order valence-corrected chi connectivity index (χ0v) is 13.9. The molecule has 2 heteroatoms. The van der Waals surface area contributed by atoms with Crippen molar-refractivity contribution in [3.05, 3.63) is 102 Å². The lowest BCUT2D eigenvalue weighted by atomic mass is 10.0. The minimum absolute atomic E-state index is 0.0556. The van der Waals surface area contributed by atoms with Gasteiger partial charge in [0.2, 0.25) is 0 Å². The largest absolute Gasteiger partial charge is 0.308 e. The standard InChI is InChI=1S/C23H19NO/c25-23(24-16-15-20-13-7-8-14-22(20)24)21(19-11-5-2-6-12-19)17-18-9-3-1-4-10-18/h1-14,17H,15-16H2. The Kier molecular flexibility index (Phi) is 4.17. The summed E-state index contributed by atoms with van der Waals surface area (Å²) in [5.41, 5.74) is 4.97. The second-order valence-electron chi connectivity index (χ2n) is 6.17. The highest BCUT2D eigenvalue weighted by atomic mass is 16.2. The van der Waals surface area contributed by atoms with Gasteiger partial charge in [-0.2, -0.15) is 0 Å². The summed E-state index contributed by atoms with van der Waals surface area (Å²) in [6.07, 6.45) is 2.90. The summed E-state index contributed by atoms with van der Waals surface area (Å²) in [7, 11) is 0. The van der Waals surface area contributed by atoms with E-state index in [1.807, 2.05) is 89.8 Å². The van der Waals surface area contributed by atoms with Crippen LogP contribution in [0.5, 0.6) is 0 Å². The van der Waals surface area contributed by atoms with Gasteiger partial charge in [-0.05, 0) is 35.3 Å². The molecule has 0 N–H and O–H groups in total. The fourth-order valence-corrected chi connectivity index (χ4v) is 3.30. The SMILES string of the molecule is O=C(C(=Cc1ccccc1)c1ccccc1)N1CCc2ccccc21. The van der Waals surface area contributed by atoms with Crippen LogP contribution in [0.1, 0.15) is 16.7 Å². The van der Waals surface area contributed by atoms with Gasteiger partial charge in [-0.15, -0.1) is 0 Å². The number of para-hydroxylation sites is 1. The number of nitrogens with zero attached hydrogens (tertiary/aromatic N) is 1. The van der Waals surface area contributed by atoms with Crippen LogP contribution < -0.4 is 4.90 Å². The minimum Gasteiger partial charge on any atom is -0.308 e. The summed E-state index contributed by atoms with van der Waals surface area (Å²) in [4.78, 5) is 15.3. The predicted octanol–water partition coefficient (Wildman–Crippen LogP) is 4.82. The summed E-state index contributed by atoms with van der Waals surface area (Å²) < 4.78 is 0. The molecule has 1 heterocycles. The summed E-state index contributed by atoms with van der Waals surface area (Å²) >= 11 is 0. The fraction of sp³-hybridized carbons (Fsp3) is 0.0870. The normalized spacial score (nSPS) is 13.6. The maximum atomic E-state index is 13.4. The lowest BCUT2D eigenvalue weighted by Gasteiger charge is -2.19. The molecule has 0 atom stereocenters. The first-order valence-electron chi connectivity index (χ1n) is 8.55. The van der Waals surface area contributed by atoms with Crippen molar-refractivity contribution in [3.63, 3.8) is 0 Å². The van der Waals surface area contributed by atoms with Gasteiger partial charge < -0.3 is 4.90 Å². The van der Waals surface area contributed by atoms with E-state index in [2.05, 4.69) is 6.07 Å². The molecule has 1 aliphatic rings. The number of hydrogen-bond acceptors (Lipinski definition) is 1. The van der Waals surface area contributed by atoms with Gasteiger partial charge in [-0.25, -0.2) is 0 Å². The molecule has 3 aromatic rings. The Morgan fingerprint density at radius 2 is 1.44 bits per heavy atom. The second-order valence-corrected chi connectivity index (χ2v) is 6.17. The Morgan fingerprint density at radius 3 is 2.20 bits per heavy atom. The van der Waals surface area contributed by atoms with E-state index in [4.69, 9.17) is 0 Å². The molecule has 0 aliphatic carbocycles. The van der Waals surface area contributed by atoms with Crippen LogP contribution in [-0.2, 0) is 11.2 Å². The van der Waals surface area contributed by atoms with E-state index in [0.717, 1.165) is 35.4 Å². The van der Waals surface area contributed by atoms with Crippen molar-refractivity contribution in [2.45, 2.75) is 6.42 Å². The van der Waals surface area contributed by atoms with Crippen molar-refractivity contribution in [3.8, 4) is 0 Å². The monoisotopic (exact) mass is 325 g/mol. The predicted molar refractivity (Wildman–Crippen MR) is 103 cm³/mol. The molecule has 0 spiro atoms. The number of carbonyl (C=O) groups is 1. The van der Waals surface area contributed by atoms with Gasteiger partial charge in [0, 0.05) is 17.8 Å². The number of fused-ring (bicyclic) bond motifs is 1. The number of anilines is 1.